The minimum Gasteiger partial charge on any atom is -0.382 e. The maximum atomic E-state index is 14.0. The van der Waals surface area contributed by atoms with Crippen molar-refractivity contribution < 1.29 is 27.9 Å². The number of nitrogens with two attached hydrogens (primary N) is 1. The molecule has 30 heavy (non-hydrogen) atoms. The molecule has 0 radical (unpaired) electrons. The fourth-order valence-electron chi connectivity index (χ4n) is 5.10. The number of hydrogen-bond donors (Lipinski definition) is 2. The second-order valence-corrected chi connectivity index (χ2v) is 9.10. The first kappa shape index (κ1) is 21.3. The normalized spacial score (nSPS) is 27.8. The third-order valence-corrected chi connectivity index (χ3v) is 7.02. The predicted octanol–water partition coefficient (Wildman–Crippen LogP) is 2.62. The summed E-state index contributed by atoms with van der Waals surface area (Å²) in [4.78, 5) is 26.6. The molecule has 1 unspecified atom stereocenters. The Balaban J connectivity index is 1.34. The number of rotatable bonds is 7. The lowest BCUT2D eigenvalue weighted by molar-refractivity contribution is -0.139. The first-order chi connectivity index (χ1) is 14.2. The number of halogens is 3. The van der Waals surface area contributed by atoms with Gasteiger partial charge in [-0.05, 0) is 62.5 Å². The smallest absolute Gasteiger partial charge is 0.223 e. The average molecular weight is 424 g/mol. The van der Waals surface area contributed by atoms with E-state index in [1.54, 1.807) is 0 Å². The minimum atomic E-state index is -1.22. The van der Waals surface area contributed by atoms with Gasteiger partial charge in [0.1, 0.15) is 11.4 Å². The van der Waals surface area contributed by atoms with Gasteiger partial charge in [-0.3, -0.25) is 9.59 Å². The highest BCUT2D eigenvalue weighted by atomic mass is 19.2. The van der Waals surface area contributed by atoms with Crippen LogP contribution < -0.4 is 5.73 Å². The van der Waals surface area contributed by atoms with Gasteiger partial charge >= 0.3 is 0 Å². The molecule has 4 atom stereocenters. The van der Waals surface area contributed by atoms with Crippen molar-refractivity contribution in [3.63, 3.8) is 0 Å². The lowest BCUT2D eigenvalue weighted by atomic mass is 9.82. The van der Waals surface area contributed by atoms with Crippen molar-refractivity contribution in [3.05, 3.63) is 35.1 Å². The average Bonchev–Trinajstić information content (AvgIpc) is 3.40. The lowest BCUT2D eigenvalue weighted by Crippen LogP contribution is -2.50. The third kappa shape index (κ3) is 4.12. The lowest BCUT2D eigenvalue weighted by Gasteiger charge is -2.41. The molecule has 2 aliphatic heterocycles. The van der Waals surface area contributed by atoms with Crippen LogP contribution in [0.1, 0.15) is 56.9 Å². The Morgan fingerprint density at radius 3 is 2.27 bits per heavy atom. The Kier molecular flexibility index (Phi) is 5.66. The molecular formula is C22H27F3N2O3. The number of aliphatic hydroxyl groups is 1. The van der Waals surface area contributed by atoms with Crippen LogP contribution in [0, 0.1) is 23.4 Å². The Hall–Kier alpha value is -1.93. The summed E-state index contributed by atoms with van der Waals surface area (Å²) in [6.07, 6.45) is 4.29. The summed E-state index contributed by atoms with van der Waals surface area (Å²) in [6, 6.07) is 1.04. The molecule has 2 bridgehead atoms. The molecule has 4 rings (SSSR count). The van der Waals surface area contributed by atoms with Gasteiger partial charge in [0.2, 0.25) is 5.91 Å². The molecule has 1 aromatic carbocycles. The van der Waals surface area contributed by atoms with Crippen molar-refractivity contribution in [2.75, 3.05) is 0 Å². The first-order valence-corrected chi connectivity index (χ1v) is 10.6. The largest absolute Gasteiger partial charge is 0.382 e. The van der Waals surface area contributed by atoms with E-state index in [0.717, 1.165) is 18.9 Å². The van der Waals surface area contributed by atoms with E-state index in [0.29, 0.717) is 31.7 Å². The summed E-state index contributed by atoms with van der Waals surface area (Å²) in [5.74, 6) is -3.39. The van der Waals surface area contributed by atoms with E-state index >= 15 is 0 Å². The Morgan fingerprint density at radius 1 is 1.07 bits per heavy atom. The zero-order valence-corrected chi connectivity index (χ0v) is 16.8. The van der Waals surface area contributed by atoms with Crippen LogP contribution in [0.2, 0.25) is 0 Å². The summed E-state index contributed by atoms with van der Waals surface area (Å²) in [6.45, 7) is 0. The van der Waals surface area contributed by atoms with Gasteiger partial charge in [0.15, 0.2) is 17.4 Å². The number of ketones is 1. The molecule has 1 saturated carbocycles. The monoisotopic (exact) mass is 424 g/mol. The number of carbonyl (C=O) groups is 2. The van der Waals surface area contributed by atoms with Crippen LogP contribution in [-0.4, -0.2) is 45.4 Å². The maximum Gasteiger partial charge on any atom is 0.223 e. The van der Waals surface area contributed by atoms with Crippen molar-refractivity contribution >= 4 is 11.7 Å². The number of carbonyl (C=O) groups excluding carboxylic acids is 2. The Bertz CT molecular complexity index is 844. The van der Waals surface area contributed by atoms with Crippen LogP contribution in [0.5, 0.6) is 0 Å². The van der Waals surface area contributed by atoms with E-state index in [2.05, 4.69) is 0 Å². The van der Waals surface area contributed by atoms with Crippen LogP contribution in [0.3, 0.4) is 0 Å². The van der Waals surface area contributed by atoms with Crippen molar-refractivity contribution in [2.24, 2.45) is 11.7 Å². The van der Waals surface area contributed by atoms with Crippen LogP contribution in [0.25, 0.3) is 0 Å². The third-order valence-electron chi connectivity index (χ3n) is 7.02. The van der Waals surface area contributed by atoms with Gasteiger partial charge in [0, 0.05) is 37.0 Å². The van der Waals surface area contributed by atoms with E-state index < -0.39 is 29.1 Å². The zero-order valence-electron chi connectivity index (χ0n) is 16.8. The highest BCUT2D eigenvalue weighted by Crippen LogP contribution is 2.41. The Morgan fingerprint density at radius 2 is 1.67 bits per heavy atom. The van der Waals surface area contributed by atoms with Crippen LogP contribution >= 0.6 is 0 Å². The van der Waals surface area contributed by atoms with Gasteiger partial charge in [-0.25, -0.2) is 13.2 Å². The van der Waals surface area contributed by atoms with Crippen molar-refractivity contribution in [1.29, 1.82) is 0 Å². The fourth-order valence-corrected chi connectivity index (χ4v) is 5.10. The van der Waals surface area contributed by atoms with Crippen molar-refractivity contribution in [2.45, 2.75) is 81.5 Å². The fraction of sp³-hybridized carbons (Fsp3) is 0.636. The van der Waals surface area contributed by atoms with E-state index in [4.69, 9.17) is 5.73 Å². The van der Waals surface area contributed by atoms with E-state index in [-0.39, 0.29) is 54.5 Å². The molecule has 1 amide bonds. The first-order valence-electron chi connectivity index (χ1n) is 10.6. The number of hydrogen-bond acceptors (Lipinski definition) is 4. The Labute approximate surface area is 173 Å². The summed E-state index contributed by atoms with van der Waals surface area (Å²) in [5, 5.41) is 9.85. The second kappa shape index (κ2) is 7.96. The van der Waals surface area contributed by atoms with Gasteiger partial charge in [-0.1, -0.05) is 0 Å². The molecule has 1 aliphatic carbocycles. The number of piperidine rings is 1. The molecule has 3 fully saturated rings. The molecule has 5 nitrogen and oxygen atoms in total. The standard InChI is InChI=1S/C22H27F3N2O3/c23-16-11-18(25)17(24)9-12(16)10-19(26)13-7-14-1-2-15(8-13)27(14)21(29)4-3-20(28)22(30)5-6-22/h9,11,13-15,19,30H,1-8,10,26H2/t13?,14-,15+,19-/m1/s1. The van der Waals surface area contributed by atoms with Gasteiger partial charge in [0.25, 0.3) is 0 Å². The van der Waals surface area contributed by atoms with Crippen LogP contribution in [-0.2, 0) is 16.0 Å². The van der Waals surface area contributed by atoms with E-state index in [1.807, 2.05) is 4.90 Å². The van der Waals surface area contributed by atoms with Crippen LogP contribution in [0.15, 0.2) is 12.1 Å². The van der Waals surface area contributed by atoms with Gasteiger partial charge in [0.05, 0.1) is 0 Å². The molecule has 2 heterocycles. The molecular weight excluding hydrogens is 397 g/mol. The molecule has 1 aromatic rings. The molecule has 164 valence electrons. The van der Waals surface area contributed by atoms with Gasteiger partial charge in [-0.2, -0.15) is 0 Å². The topological polar surface area (TPSA) is 83.6 Å². The highest BCUT2D eigenvalue weighted by molar-refractivity contribution is 5.92. The van der Waals surface area contributed by atoms with Crippen molar-refractivity contribution in [3.8, 4) is 0 Å². The number of fused-ring (bicyclic) bond motifs is 2. The summed E-state index contributed by atoms with van der Waals surface area (Å²) in [5.41, 5.74) is 5.16. The molecule has 0 spiro atoms. The highest BCUT2D eigenvalue weighted by Gasteiger charge is 2.48. The number of benzene rings is 1. The molecule has 3 N–H and O–H groups in total. The SMILES string of the molecule is N[C@H](Cc1cc(F)c(F)cc1F)C1C[C@H]2CC[C@@H](C1)N2C(=O)CCC(=O)C1(O)CC1. The quantitative estimate of drug-likeness (QED) is 0.659. The van der Waals surface area contributed by atoms with E-state index in [1.165, 1.54) is 0 Å². The van der Waals surface area contributed by atoms with Gasteiger partial charge in [-0.15, -0.1) is 0 Å². The van der Waals surface area contributed by atoms with Crippen LogP contribution in [0.4, 0.5) is 13.2 Å². The molecule has 3 aliphatic rings. The molecule has 8 heteroatoms. The number of Topliss-reactive ketones (excluding diaryl/α,β-unsaturated/α-hetero) is 1. The minimum absolute atomic E-state index is 0.0289. The zero-order chi connectivity index (χ0) is 21.6. The molecule has 0 aromatic heterocycles. The predicted molar refractivity (Wildman–Crippen MR) is 103 cm³/mol. The van der Waals surface area contributed by atoms with Crippen molar-refractivity contribution in [1.82, 2.24) is 4.90 Å². The number of amides is 1. The summed E-state index contributed by atoms with van der Waals surface area (Å²) in [7, 11) is 0. The second-order valence-electron chi connectivity index (χ2n) is 9.10. The van der Waals surface area contributed by atoms with E-state index in [9.17, 15) is 27.9 Å². The number of nitrogens with zero attached hydrogens (tertiary/aromatic N) is 1. The molecule has 2 saturated heterocycles. The maximum absolute atomic E-state index is 14.0. The van der Waals surface area contributed by atoms with Gasteiger partial charge < -0.3 is 15.7 Å². The summed E-state index contributed by atoms with van der Waals surface area (Å²) < 4.78 is 40.6. The summed E-state index contributed by atoms with van der Waals surface area (Å²) >= 11 is 0.